The van der Waals surface area contributed by atoms with Crippen LogP contribution in [0.3, 0.4) is 0 Å². The van der Waals surface area contributed by atoms with Gasteiger partial charge in [-0.15, -0.1) is 11.3 Å². The van der Waals surface area contributed by atoms with Crippen molar-refractivity contribution < 1.29 is 4.79 Å². The van der Waals surface area contributed by atoms with E-state index in [2.05, 4.69) is 15.6 Å². The van der Waals surface area contributed by atoms with Gasteiger partial charge in [0.2, 0.25) is 5.91 Å². The van der Waals surface area contributed by atoms with E-state index in [-0.39, 0.29) is 5.91 Å². The van der Waals surface area contributed by atoms with E-state index in [0.29, 0.717) is 0 Å². The van der Waals surface area contributed by atoms with E-state index >= 15 is 0 Å². The summed E-state index contributed by atoms with van der Waals surface area (Å²) in [6.07, 6.45) is 1.73. The van der Waals surface area contributed by atoms with Crippen molar-refractivity contribution in [2.75, 3.05) is 31.5 Å². The van der Waals surface area contributed by atoms with Gasteiger partial charge in [-0.3, -0.25) is 4.79 Å². The van der Waals surface area contributed by atoms with Gasteiger partial charge in [-0.1, -0.05) is 0 Å². The third kappa shape index (κ3) is 2.95. The molecule has 0 spiro atoms. The van der Waals surface area contributed by atoms with Crippen LogP contribution in [0.5, 0.6) is 0 Å². The molecule has 1 saturated heterocycles. The van der Waals surface area contributed by atoms with Crippen LogP contribution in [0.2, 0.25) is 0 Å². The minimum Gasteiger partial charge on any atom is -0.348 e. The maximum absolute atomic E-state index is 12.4. The van der Waals surface area contributed by atoms with Gasteiger partial charge in [-0.05, 0) is 13.8 Å². The first-order valence-electron chi connectivity index (χ1n) is 5.77. The Labute approximate surface area is 105 Å². The Hall–Kier alpha value is -1.14. The van der Waals surface area contributed by atoms with Gasteiger partial charge in [0.1, 0.15) is 5.54 Å². The molecule has 1 aromatic heterocycles. The number of carbonyl (C=O) groups is 1. The van der Waals surface area contributed by atoms with Gasteiger partial charge in [-0.25, -0.2) is 4.98 Å². The predicted molar refractivity (Wildman–Crippen MR) is 69.3 cm³/mol. The first-order valence-corrected chi connectivity index (χ1v) is 6.65. The number of nitrogens with one attached hydrogen (secondary N) is 2. The lowest BCUT2D eigenvalue weighted by atomic mass is 10.0. The maximum atomic E-state index is 12.4. The summed E-state index contributed by atoms with van der Waals surface area (Å²) in [6.45, 7) is 7.11. The number of hydrogen-bond donors (Lipinski definition) is 2. The topological polar surface area (TPSA) is 57.3 Å². The molecular formula is C11H18N4OS. The van der Waals surface area contributed by atoms with Crippen molar-refractivity contribution in [3.05, 3.63) is 11.6 Å². The zero-order chi connectivity index (χ0) is 12.3. The Balaban J connectivity index is 2.00. The molecule has 17 heavy (non-hydrogen) atoms. The van der Waals surface area contributed by atoms with E-state index in [4.69, 9.17) is 0 Å². The molecule has 1 fully saturated rings. The molecule has 0 bridgehead atoms. The van der Waals surface area contributed by atoms with Crippen LogP contribution in [0.25, 0.3) is 0 Å². The largest absolute Gasteiger partial charge is 0.348 e. The lowest BCUT2D eigenvalue weighted by Gasteiger charge is -2.35. The first kappa shape index (κ1) is 12.3. The number of nitrogens with zero attached hydrogens (tertiary/aromatic N) is 2. The molecule has 0 radical (unpaired) electrons. The number of hydrogen-bond acceptors (Lipinski definition) is 5. The summed E-state index contributed by atoms with van der Waals surface area (Å²) in [5, 5.41) is 9.12. The van der Waals surface area contributed by atoms with Crippen LogP contribution in [0.15, 0.2) is 11.6 Å². The Morgan fingerprint density at radius 2 is 2.24 bits per heavy atom. The molecule has 5 nitrogen and oxygen atoms in total. The molecule has 1 amide bonds. The number of carbonyl (C=O) groups excluding carboxylic acids is 1. The lowest BCUT2D eigenvalue weighted by molar-refractivity contribution is -0.135. The second-order valence-corrected chi connectivity index (χ2v) is 5.52. The van der Waals surface area contributed by atoms with Gasteiger partial charge < -0.3 is 15.5 Å². The molecule has 2 heterocycles. The van der Waals surface area contributed by atoms with Gasteiger partial charge >= 0.3 is 0 Å². The second-order valence-electron chi connectivity index (χ2n) is 4.63. The molecule has 1 aliphatic rings. The van der Waals surface area contributed by atoms with E-state index in [1.165, 1.54) is 11.3 Å². The molecule has 0 aromatic carbocycles. The first-order chi connectivity index (χ1) is 8.09. The van der Waals surface area contributed by atoms with Crippen LogP contribution in [0, 0.1) is 0 Å². The number of aromatic nitrogens is 1. The van der Waals surface area contributed by atoms with Crippen LogP contribution in [0.1, 0.15) is 13.8 Å². The Morgan fingerprint density at radius 1 is 1.53 bits per heavy atom. The summed E-state index contributed by atoms with van der Waals surface area (Å²) in [4.78, 5) is 18.4. The van der Waals surface area contributed by atoms with E-state index in [1.54, 1.807) is 6.20 Å². The highest BCUT2D eigenvalue weighted by atomic mass is 32.1. The molecule has 1 aromatic rings. The number of amides is 1. The summed E-state index contributed by atoms with van der Waals surface area (Å²) in [5.74, 6) is 0.134. The smallest absolute Gasteiger partial charge is 0.247 e. The van der Waals surface area contributed by atoms with Gasteiger partial charge in [0.15, 0.2) is 5.13 Å². The van der Waals surface area contributed by atoms with Crippen molar-refractivity contribution in [3.8, 4) is 0 Å². The van der Waals surface area contributed by atoms with Crippen molar-refractivity contribution >= 4 is 22.4 Å². The minimum atomic E-state index is -0.602. The third-order valence-electron chi connectivity index (χ3n) is 2.79. The average molecular weight is 254 g/mol. The van der Waals surface area contributed by atoms with Crippen LogP contribution in [-0.2, 0) is 4.79 Å². The summed E-state index contributed by atoms with van der Waals surface area (Å²) < 4.78 is 0. The zero-order valence-corrected chi connectivity index (χ0v) is 11.0. The number of anilines is 1. The fourth-order valence-electron chi connectivity index (χ4n) is 1.87. The lowest BCUT2D eigenvalue weighted by Crippen LogP contribution is -2.55. The molecule has 0 aliphatic carbocycles. The standard InChI is InChI=1S/C11H18N4OS/c1-11(2,14-10-13-5-8-17-10)9(16)15-6-3-12-4-7-15/h5,8,12H,3-4,6-7H2,1-2H3,(H,13,14). The molecule has 94 valence electrons. The van der Waals surface area contributed by atoms with Crippen molar-refractivity contribution in [1.82, 2.24) is 15.2 Å². The number of thiazole rings is 1. The van der Waals surface area contributed by atoms with E-state index in [0.717, 1.165) is 31.3 Å². The molecule has 0 atom stereocenters. The quantitative estimate of drug-likeness (QED) is 0.836. The molecule has 0 saturated carbocycles. The maximum Gasteiger partial charge on any atom is 0.247 e. The Bertz CT molecular complexity index is 371. The Kier molecular flexibility index (Phi) is 3.63. The van der Waals surface area contributed by atoms with Crippen molar-refractivity contribution in [2.45, 2.75) is 19.4 Å². The molecule has 6 heteroatoms. The van der Waals surface area contributed by atoms with Gasteiger partial charge in [0.25, 0.3) is 0 Å². The molecule has 2 N–H and O–H groups in total. The van der Waals surface area contributed by atoms with Gasteiger partial charge in [0, 0.05) is 37.8 Å². The van der Waals surface area contributed by atoms with Crippen LogP contribution < -0.4 is 10.6 Å². The highest BCUT2D eigenvalue weighted by Crippen LogP contribution is 2.19. The average Bonchev–Trinajstić information content (AvgIpc) is 2.81. The minimum absolute atomic E-state index is 0.134. The van der Waals surface area contributed by atoms with Crippen LogP contribution in [-0.4, -0.2) is 47.5 Å². The van der Waals surface area contributed by atoms with Crippen LogP contribution >= 0.6 is 11.3 Å². The summed E-state index contributed by atoms with van der Waals surface area (Å²) in [6, 6.07) is 0. The highest BCUT2D eigenvalue weighted by molar-refractivity contribution is 7.13. The highest BCUT2D eigenvalue weighted by Gasteiger charge is 2.32. The fraction of sp³-hybridized carbons (Fsp3) is 0.636. The zero-order valence-electron chi connectivity index (χ0n) is 10.2. The molecular weight excluding hydrogens is 236 g/mol. The molecule has 1 aliphatic heterocycles. The Morgan fingerprint density at radius 3 is 2.82 bits per heavy atom. The van der Waals surface area contributed by atoms with Crippen molar-refractivity contribution in [1.29, 1.82) is 0 Å². The fourth-order valence-corrected chi connectivity index (χ4v) is 2.56. The van der Waals surface area contributed by atoms with E-state index in [1.807, 2.05) is 24.1 Å². The monoisotopic (exact) mass is 254 g/mol. The third-order valence-corrected chi connectivity index (χ3v) is 3.48. The SMILES string of the molecule is CC(C)(Nc1nccs1)C(=O)N1CCNCC1. The molecule has 2 rings (SSSR count). The number of rotatable bonds is 3. The van der Waals surface area contributed by atoms with E-state index in [9.17, 15) is 4.79 Å². The van der Waals surface area contributed by atoms with Gasteiger partial charge in [0.05, 0.1) is 0 Å². The second kappa shape index (κ2) is 5.01. The van der Waals surface area contributed by atoms with Crippen molar-refractivity contribution in [2.24, 2.45) is 0 Å². The van der Waals surface area contributed by atoms with Crippen LogP contribution in [0.4, 0.5) is 5.13 Å². The van der Waals surface area contributed by atoms with E-state index < -0.39 is 5.54 Å². The number of piperazine rings is 1. The predicted octanol–water partition coefficient (Wildman–Crippen LogP) is 0.765. The van der Waals surface area contributed by atoms with Gasteiger partial charge in [-0.2, -0.15) is 0 Å². The van der Waals surface area contributed by atoms with Crippen molar-refractivity contribution in [3.63, 3.8) is 0 Å². The normalized spacial score (nSPS) is 16.9. The summed E-state index contributed by atoms with van der Waals surface area (Å²) in [5.41, 5.74) is -0.602. The summed E-state index contributed by atoms with van der Waals surface area (Å²) in [7, 11) is 0. The summed E-state index contributed by atoms with van der Waals surface area (Å²) >= 11 is 1.51. The molecule has 0 unspecified atom stereocenters.